The maximum Gasteiger partial charge on any atom is 0.117 e. The lowest BCUT2D eigenvalue weighted by atomic mass is 9.99. The predicted octanol–water partition coefficient (Wildman–Crippen LogP) is 6.44. The van der Waals surface area contributed by atoms with Crippen molar-refractivity contribution in [2.24, 2.45) is 0 Å². The van der Waals surface area contributed by atoms with Crippen LogP contribution in [0.4, 0.5) is 5.69 Å². The first-order valence-corrected chi connectivity index (χ1v) is 11.8. The zero-order valence-corrected chi connectivity index (χ0v) is 19.2. The van der Waals surface area contributed by atoms with Crippen LogP contribution < -0.4 is 4.90 Å². The number of allylic oxidation sites excluding steroid dienone is 2. The Labute approximate surface area is 184 Å². The van der Waals surface area contributed by atoms with E-state index in [0.717, 1.165) is 21.6 Å². The number of aromatic nitrogens is 1. The van der Waals surface area contributed by atoms with Crippen LogP contribution in [0, 0.1) is 0 Å². The van der Waals surface area contributed by atoms with Gasteiger partial charge in [-0.1, -0.05) is 43.7 Å². The lowest BCUT2D eigenvalue weighted by Crippen LogP contribution is -2.42. The van der Waals surface area contributed by atoms with Crippen molar-refractivity contribution in [3.8, 4) is 0 Å². The number of unbranched alkanes of at least 4 members (excludes halogenated alkanes) is 1. The van der Waals surface area contributed by atoms with Crippen molar-refractivity contribution in [1.29, 1.82) is 0 Å². The highest BCUT2D eigenvalue weighted by Crippen LogP contribution is 2.35. The fourth-order valence-electron chi connectivity index (χ4n) is 4.08. The average molecular weight is 419 g/mol. The van der Waals surface area contributed by atoms with Crippen molar-refractivity contribution < 1.29 is 4.48 Å². The molecule has 0 saturated heterocycles. The van der Waals surface area contributed by atoms with Gasteiger partial charge in [0.1, 0.15) is 5.01 Å². The zero-order valence-electron chi connectivity index (χ0n) is 18.3. The number of nitrogens with zero attached hydrogens (tertiary/aromatic N) is 3. The molecule has 4 rings (SSSR count). The molecule has 3 aromatic rings. The molecular weight excluding hydrogens is 386 g/mol. The molecule has 0 atom stereocenters. The Balaban J connectivity index is 1.51. The quantitative estimate of drug-likeness (QED) is 0.391. The molecule has 0 spiro atoms. The molecule has 4 heteroatoms. The first-order valence-electron chi connectivity index (χ1n) is 11.0. The molecular formula is C26H32N3S+. The molecule has 0 bridgehead atoms. The maximum absolute atomic E-state index is 4.79. The van der Waals surface area contributed by atoms with Gasteiger partial charge in [0.15, 0.2) is 0 Å². The number of fused-ring (bicyclic) bond motifs is 2. The summed E-state index contributed by atoms with van der Waals surface area (Å²) in [5.74, 6) is 0. The van der Waals surface area contributed by atoms with Crippen LogP contribution in [0.2, 0.25) is 0 Å². The second kappa shape index (κ2) is 9.15. The predicted molar refractivity (Wildman–Crippen MR) is 132 cm³/mol. The minimum absolute atomic E-state index is 1.05. The van der Waals surface area contributed by atoms with Crippen LogP contribution in [0.3, 0.4) is 0 Å². The average Bonchev–Trinajstić information content (AvgIpc) is 3.16. The Bertz CT molecular complexity index is 1030. The highest BCUT2D eigenvalue weighted by atomic mass is 32.1. The normalized spacial score (nSPS) is 15.2. The number of hydrogen-bond donors (Lipinski definition) is 0. The second-order valence-electron chi connectivity index (χ2n) is 8.74. The Kier molecular flexibility index (Phi) is 6.35. The summed E-state index contributed by atoms with van der Waals surface area (Å²) in [6, 6.07) is 17.1. The molecule has 2 aromatic carbocycles. The van der Waals surface area contributed by atoms with E-state index in [4.69, 9.17) is 4.98 Å². The van der Waals surface area contributed by atoms with Crippen LogP contribution in [0.1, 0.15) is 36.8 Å². The lowest BCUT2D eigenvalue weighted by Gasteiger charge is -2.32. The smallest absolute Gasteiger partial charge is 0.117 e. The highest BCUT2D eigenvalue weighted by molar-refractivity contribution is 7.19. The zero-order chi connectivity index (χ0) is 21.0. The van der Waals surface area contributed by atoms with E-state index in [2.05, 4.69) is 92.8 Å². The Hall–Kier alpha value is -2.43. The van der Waals surface area contributed by atoms with E-state index in [1.54, 1.807) is 11.3 Å². The number of para-hydroxylation sites is 2. The number of thiazole rings is 1. The first kappa shape index (κ1) is 20.8. The summed E-state index contributed by atoms with van der Waals surface area (Å²) in [6.45, 7) is 5.80. The van der Waals surface area contributed by atoms with Crippen molar-refractivity contribution in [3.05, 3.63) is 71.4 Å². The topological polar surface area (TPSA) is 16.1 Å². The summed E-state index contributed by atoms with van der Waals surface area (Å²) >= 11 is 1.75. The molecule has 3 nitrogen and oxygen atoms in total. The van der Waals surface area contributed by atoms with Gasteiger partial charge in [-0.25, -0.2) is 4.98 Å². The number of anilines is 1. The molecule has 1 aliphatic heterocycles. The van der Waals surface area contributed by atoms with E-state index in [1.807, 2.05) is 0 Å². The molecule has 0 unspecified atom stereocenters. The maximum atomic E-state index is 4.79. The largest absolute Gasteiger partial charge is 0.347 e. The van der Waals surface area contributed by atoms with Crippen LogP contribution in [0.25, 0.3) is 21.9 Å². The van der Waals surface area contributed by atoms with Crippen LogP contribution in [0.15, 0.2) is 60.8 Å². The van der Waals surface area contributed by atoms with E-state index in [1.165, 1.54) is 53.9 Å². The summed E-state index contributed by atoms with van der Waals surface area (Å²) in [5.41, 5.74) is 4.90. The molecule has 0 N–H and O–H groups in total. The Morgan fingerprint density at radius 1 is 1.00 bits per heavy atom. The number of quaternary nitrogens is 1. The summed E-state index contributed by atoms with van der Waals surface area (Å²) in [4.78, 5) is 7.20. The monoisotopic (exact) mass is 418 g/mol. The Morgan fingerprint density at radius 2 is 1.77 bits per heavy atom. The molecule has 0 fully saturated rings. The Morgan fingerprint density at radius 3 is 2.60 bits per heavy atom. The lowest BCUT2D eigenvalue weighted by molar-refractivity contribution is -0.890. The van der Waals surface area contributed by atoms with Crippen LogP contribution in [-0.4, -0.2) is 43.2 Å². The van der Waals surface area contributed by atoms with E-state index < -0.39 is 0 Å². The fraction of sp³-hybridized carbons (Fsp3) is 0.346. The summed E-state index contributed by atoms with van der Waals surface area (Å²) in [6.07, 6.45) is 10.5. The summed E-state index contributed by atoms with van der Waals surface area (Å²) < 4.78 is 2.35. The van der Waals surface area contributed by atoms with E-state index in [0.29, 0.717) is 0 Å². The van der Waals surface area contributed by atoms with Crippen LogP contribution in [0.5, 0.6) is 0 Å². The van der Waals surface area contributed by atoms with Gasteiger partial charge in [0.25, 0.3) is 0 Å². The van der Waals surface area contributed by atoms with Crippen molar-refractivity contribution in [2.45, 2.75) is 26.2 Å². The second-order valence-corrected chi connectivity index (χ2v) is 9.80. The van der Waals surface area contributed by atoms with Crippen molar-refractivity contribution in [2.75, 3.05) is 38.6 Å². The van der Waals surface area contributed by atoms with Gasteiger partial charge in [-0.15, -0.1) is 11.3 Å². The number of hydrogen-bond acceptors (Lipinski definition) is 3. The van der Waals surface area contributed by atoms with Gasteiger partial charge in [-0.05, 0) is 42.3 Å². The molecule has 1 aromatic heterocycles. The standard InChI is InChI=1S/C26H32N3S/c1-4-5-18-29(2,3)19-10-16-28-17-15-21(22-11-6-8-13-24(22)28)20-26-27-23-12-7-9-14-25(23)30-26/h6-9,11-15,17,20H,4-5,10,16,18-19H2,1-3H3/q+1. The van der Waals surface area contributed by atoms with Crippen molar-refractivity contribution in [3.63, 3.8) is 0 Å². The SMILES string of the molecule is CCCC[N+](C)(C)CCCN1C=CC(=Cc2nc3ccccc3s2)c2ccccc21. The van der Waals surface area contributed by atoms with Gasteiger partial charge in [0.05, 0.1) is 37.4 Å². The van der Waals surface area contributed by atoms with Crippen molar-refractivity contribution >= 4 is 38.9 Å². The molecule has 156 valence electrons. The van der Waals surface area contributed by atoms with E-state index >= 15 is 0 Å². The third kappa shape index (κ3) is 4.82. The molecule has 0 radical (unpaired) electrons. The van der Waals surface area contributed by atoms with Gasteiger partial charge in [-0.3, -0.25) is 0 Å². The minimum Gasteiger partial charge on any atom is -0.347 e. The molecule has 2 heterocycles. The van der Waals surface area contributed by atoms with Gasteiger partial charge in [-0.2, -0.15) is 0 Å². The van der Waals surface area contributed by atoms with E-state index in [9.17, 15) is 0 Å². The van der Waals surface area contributed by atoms with Gasteiger partial charge in [0.2, 0.25) is 0 Å². The summed E-state index contributed by atoms with van der Waals surface area (Å²) in [5, 5.41) is 1.06. The fourth-order valence-corrected chi connectivity index (χ4v) is 5.00. The van der Waals surface area contributed by atoms with Gasteiger partial charge < -0.3 is 9.38 Å². The van der Waals surface area contributed by atoms with E-state index in [-0.39, 0.29) is 0 Å². The van der Waals surface area contributed by atoms with Gasteiger partial charge >= 0.3 is 0 Å². The minimum atomic E-state index is 1.05. The molecule has 0 amide bonds. The first-order chi connectivity index (χ1) is 14.6. The molecule has 30 heavy (non-hydrogen) atoms. The number of rotatable bonds is 8. The van der Waals surface area contributed by atoms with Crippen molar-refractivity contribution in [1.82, 2.24) is 4.98 Å². The molecule has 0 aliphatic carbocycles. The number of benzene rings is 2. The summed E-state index contributed by atoms with van der Waals surface area (Å²) in [7, 11) is 4.71. The van der Waals surface area contributed by atoms with Crippen LogP contribution >= 0.6 is 11.3 Å². The molecule has 0 saturated carbocycles. The van der Waals surface area contributed by atoms with Crippen LogP contribution in [-0.2, 0) is 0 Å². The third-order valence-electron chi connectivity index (χ3n) is 5.83. The van der Waals surface area contributed by atoms with Gasteiger partial charge in [0, 0.05) is 30.4 Å². The highest BCUT2D eigenvalue weighted by Gasteiger charge is 2.18. The molecule has 1 aliphatic rings. The third-order valence-corrected chi connectivity index (χ3v) is 6.81.